The van der Waals surface area contributed by atoms with Crippen LogP contribution in [0, 0.1) is 6.92 Å². The average Bonchev–Trinajstić information content (AvgIpc) is 2.90. The highest BCUT2D eigenvalue weighted by atomic mass is 32.2. The fraction of sp³-hybridized carbons (Fsp3) is 0.500. The van der Waals surface area contributed by atoms with Gasteiger partial charge < -0.3 is 5.32 Å². The van der Waals surface area contributed by atoms with Crippen molar-refractivity contribution in [2.75, 3.05) is 6.54 Å². The van der Waals surface area contributed by atoms with Crippen LogP contribution in [0.15, 0.2) is 29.2 Å². The van der Waals surface area contributed by atoms with Crippen LogP contribution in [-0.2, 0) is 19.6 Å². The molecule has 1 N–H and O–H groups in total. The van der Waals surface area contributed by atoms with Crippen molar-refractivity contribution in [3.05, 3.63) is 29.8 Å². The molecule has 1 aliphatic rings. The van der Waals surface area contributed by atoms with Gasteiger partial charge in [0.2, 0.25) is 11.8 Å². The first-order valence-electron chi connectivity index (χ1n) is 7.79. The summed E-state index contributed by atoms with van der Waals surface area (Å²) in [6.45, 7) is 4.33. The van der Waals surface area contributed by atoms with Crippen LogP contribution in [0.1, 0.15) is 38.2 Å². The summed E-state index contributed by atoms with van der Waals surface area (Å²) >= 11 is 0. The fourth-order valence-corrected chi connectivity index (χ4v) is 4.13. The minimum Gasteiger partial charge on any atom is -0.354 e. The highest BCUT2D eigenvalue weighted by Crippen LogP contribution is 2.27. The average molecular weight is 338 g/mol. The maximum Gasteiger partial charge on any atom is 0.267 e. The Morgan fingerprint density at radius 3 is 2.57 bits per heavy atom. The molecule has 2 rings (SSSR count). The lowest BCUT2D eigenvalue weighted by Gasteiger charge is -2.23. The fourth-order valence-electron chi connectivity index (χ4n) is 2.53. The van der Waals surface area contributed by atoms with Crippen molar-refractivity contribution in [2.24, 2.45) is 0 Å². The summed E-state index contributed by atoms with van der Waals surface area (Å²) < 4.78 is 26.2. The predicted octanol–water partition coefficient (Wildman–Crippen LogP) is 1.59. The molecule has 0 saturated carbocycles. The van der Waals surface area contributed by atoms with Gasteiger partial charge in [0.05, 0.1) is 4.90 Å². The molecule has 1 heterocycles. The molecule has 0 aliphatic carbocycles. The second kappa shape index (κ2) is 7.12. The van der Waals surface area contributed by atoms with Crippen LogP contribution in [0.5, 0.6) is 0 Å². The molecule has 2 amide bonds. The number of sulfonamides is 1. The molecule has 0 bridgehead atoms. The maximum atomic E-state index is 12.7. The van der Waals surface area contributed by atoms with E-state index in [-0.39, 0.29) is 17.7 Å². The molecular formula is C16H22N2O4S. The van der Waals surface area contributed by atoms with E-state index in [1.807, 2.05) is 13.8 Å². The standard InChI is InChI=1S/C16H22N2O4S/c1-3-4-11-17-16(20)14-9-10-15(19)18(14)23(21,22)13-7-5-12(2)6-8-13/h5-8,14H,3-4,9-11H2,1-2H3,(H,17,20)/t14-/m0/s1. The quantitative estimate of drug-likeness (QED) is 0.799. The highest BCUT2D eigenvalue weighted by molar-refractivity contribution is 7.89. The lowest BCUT2D eigenvalue weighted by atomic mass is 10.2. The molecule has 1 aromatic carbocycles. The van der Waals surface area contributed by atoms with Gasteiger partial charge >= 0.3 is 0 Å². The van der Waals surface area contributed by atoms with Gasteiger partial charge in [-0.1, -0.05) is 31.0 Å². The Kier molecular flexibility index (Phi) is 5.41. The van der Waals surface area contributed by atoms with E-state index in [1.165, 1.54) is 12.1 Å². The first-order chi connectivity index (χ1) is 10.9. The summed E-state index contributed by atoms with van der Waals surface area (Å²) in [5, 5.41) is 2.71. The van der Waals surface area contributed by atoms with Gasteiger partial charge in [-0.15, -0.1) is 0 Å². The molecule has 1 aliphatic heterocycles. The SMILES string of the molecule is CCCCNC(=O)[C@@H]1CCC(=O)N1S(=O)(=O)c1ccc(C)cc1. The molecule has 0 radical (unpaired) electrons. The molecule has 0 spiro atoms. The van der Waals surface area contributed by atoms with Crippen LogP contribution in [0.3, 0.4) is 0 Å². The highest BCUT2D eigenvalue weighted by Gasteiger charge is 2.44. The van der Waals surface area contributed by atoms with Crippen LogP contribution < -0.4 is 5.32 Å². The number of nitrogens with zero attached hydrogens (tertiary/aromatic N) is 1. The van der Waals surface area contributed by atoms with E-state index >= 15 is 0 Å². The van der Waals surface area contributed by atoms with Gasteiger partial charge in [0.25, 0.3) is 10.0 Å². The van der Waals surface area contributed by atoms with Crippen LogP contribution in [0.2, 0.25) is 0 Å². The van der Waals surface area contributed by atoms with Crippen molar-refractivity contribution in [2.45, 2.75) is 50.5 Å². The number of nitrogens with one attached hydrogen (secondary N) is 1. The number of amides is 2. The third-order valence-electron chi connectivity index (χ3n) is 3.87. The zero-order valence-electron chi connectivity index (χ0n) is 13.4. The lowest BCUT2D eigenvalue weighted by molar-refractivity contribution is -0.130. The Balaban J connectivity index is 2.25. The van der Waals surface area contributed by atoms with E-state index in [1.54, 1.807) is 12.1 Å². The van der Waals surface area contributed by atoms with Crippen molar-refractivity contribution in [1.82, 2.24) is 9.62 Å². The summed E-state index contributed by atoms with van der Waals surface area (Å²) in [5.74, 6) is -0.929. The predicted molar refractivity (Wildman–Crippen MR) is 86.2 cm³/mol. The number of benzene rings is 1. The Labute approximate surface area is 136 Å². The number of carbonyl (C=O) groups excluding carboxylic acids is 2. The van der Waals surface area contributed by atoms with Gasteiger partial charge in [-0.3, -0.25) is 9.59 Å². The third-order valence-corrected chi connectivity index (χ3v) is 5.71. The van der Waals surface area contributed by atoms with E-state index in [2.05, 4.69) is 5.32 Å². The second-order valence-electron chi connectivity index (χ2n) is 5.71. The number of aryl methyl sites for hydroxylation is 1. The van der Waals surface area contributed by atoms with Crippen molar-refractivity contribution >= 4 is 21.8 Å². The van der Waals surface area contributed by atoms with E-state index < -0.39 is 27.9 Å². The maximum absolute atomic E-state index is 12.7. The third kappa shape index (κ3) is 3.72. The van der Waals surface area contributed by atoms with E-state index in [0.717, 1.165) is 22.7 Å². The molecule has 1 aromatic rings. The second-order valence-corrected chi connectivity index (χ2v) is 7.52. The molecule has 7 heteroatoms. The first-order valence-corrected chi connectivity index (χ1v) is 9.23. The van der Waals surface area contributed by atoms with E-state index in [9.17, 15) is 18.0 Å². The summed E-state index contributed by atoms with van der Waals surface area (Å²) in [5.41, 5.74) is 0.922. The normalized spacial score (nSPS) is 18.3. The topological polar surface area (TPSA) is 83.6 Å². The van der Waals surface area contributed by atoms with Gasteiger partial charge in [0.15, 0.2) is 0 Å². The number of hydrogen-bond acceptors (Lipinski definition) is 4. The first kappa shape index (κ1) is 17.5. The van der Waals surface area contributed by atoms with Crippen LogP contribution in [0.25, 0.3) is 0 Å². The van der Waals surface area contributed by atoms with Crippen molar-refractivity contribution < 1.29 is 18.0 Å². The number of carbonyl (C=O) groups is 2. The zero-order valence-corrected chi connectivity index (χ0v) is 14.2. The molecule has 23 heavy (non-hydrogen) atoms. The Morgan fingerprint density at radius 1 is 1.30 bits per heavy atom. The smallest absolute Gasteiger partial charge is 0.267 e. The monoisotopic (exact) mass is 338 g/mol. The number of hydrogen-bond donors (Lipinski definition) is 1. The van der Waals surface area contributed by atoms with Gasteiger partial charge in [-0.05, 0) is 31.9 Å². The molecule has 1 atom stereocenters. The number of rotatable bonds is 6. The Morgan fingerprint density at radius 2 is 1.96 bits per heavy atom. The van der Waals surface area contributed by atoms with E-state index in [0.29, 0.717) is 6.54 Å². The lowest BCUT2D eigenvalue weighted by Crippen LogP contribution is -2.47. The molecule has 0 aromatic heterocycles. The summed E-state index contributed by atoms with van der Waals surface area (Å²) in [6.07, 6.45) is 2.03. The van der Waals surface area contributed by atoms with Crippen molar-refractivity contribution in [3.63, 3.8) is 0 Å². The minimum atomic E-state index is -4.01. The van der Waals surface area contributed by atoms with Crippen LogP contribution in [-0.4, -0.2) is 37.1 Å². The number of unbranched alkanes of at least 4 members (excludes halogenated alkanes) is 1. The molecule has 1 saturated heterocycles. The van der Waals surface area contributed by atoms with Gasteiger partial charge in [0, 0.05) is 13.0 Å². The largest absolute Gasteiger partial charge is 0.354 e. The Bertz CT molecular complexity index is 683. The molecule has 126 valence electrons. The van der Waals surface area contributed by atoms with Crippen LogP contribution >= 0.6 is 0 Å². The summed E-state index contributed by atoms with van der Waals surface area (Å²) in [7, 11) is -4.01. The van der Waals surface area contributed by atoms with Gasteiger partial charge in [-0.2, -0.15) is 0 Å². The van der Waals surface area contributed by atoms with Crippen molar-refractivity contribution in [1.29, 1.82) is 0 Å². The zero-order chi connectivity index (χ0) is 17.0. The molecular weight excluding hydrogens is 316 g/mol. The van der Waals surface area contributed by atoms with Crippen molar-refractivity contribution in [3.8, 4) is 0 Å². The minimum absolute atomic E-state index is 0.0321. The molecule has 1 fully saturated rings. The van der Waals surface area contributed by atoms with Gasteiger partial charge in [0.1, 0.15) is 6.04 Å². The Hall–Kier alpha value is -1.89. The molecule has 6 nitrogen and oxygen atoms in total. The molecule has 0 unspecified atom stereocenters. The summed E-state index contributed by atoms with van der Waals surface area (Å²) in [4.78, 5) is 24.3. The van der Waals surface area contributed by atoms with Gasteiger partial charge in [-0.25, -0.2) is 12.7 Å². The van der Waals surface area contributed by atoms with Crippen LogP contribution in [0.4, 0.5) is 0 Å². The summed E-state index contributed by atoms with van der Waals surface area (Å²) in [6, 6.07) is 5.31. The van der Waals surface area contributed by atoms with E-state index in [4.69, 9.17) is 0 Å².